The largest absolute Gasteiger partial charge is 0.497 e. The molecule has 8 heteroatoms. The van der Waals surface area contributed by atoms with E-state index in [0.717, 1.165) is 30.6 Å². The highest BCUT2D eigenvalue weighted by Crippen LogP contribution is 2.32. The molecule has 7 nitrogen and oxygen atoms in total. The molecular formula is C29H33N3O4S. The average molecular weight is 520 g/mol. The number of methoxy groups -OCH3 is 1. The number of ether oxygens (including phenoxy) is 1. The summed E-state index contributed by atoms with van der Waals surface area (Å²) in [5, 5.41) is 7.92. The molecular weight excluding hydrogens is 486 g/mol. The number of nitrogens with one attached hydrogen (secondary N) is 2. The Hall–Kier alpha value is -3.65. The van der Waals surface area contributed by atoms with E-state index >= 15 is 0 Å². The van der Waals surface area contributed by atoms with Crippen molar-refractivity contribution in [3.63, 3.8) is 0 Å². The number of anilines is 2. The van der Waals surface area contributed by atoms with Crippen molar-refractivity contribution in [3.8, 4) is 5.75 Å². The molecule has 2 aromatic carbocycles. The Bertz CT molecular complexity index is 1190. The molecule has 0 bridgehead atoms. The second-order valence-corrected chi connectivity index (χ2v) is 10.3. The number of benzene rings is 2. The summed E-state index contributed by atoms with van der Waals surface area (Å²) in [6.45, 7) is 1.44. The number of carbonyl (C=O) groups excluding carboxylic acids is 3. The minimum atomic E-state index is -0.869. The summed E-state index contributed by atoms with van der Waals surface area (Å²) in [6, 6.07) is 17.4. The van der Waals surface area contributed by atoms with Crippen LogP contribution in [0, 0.1) is 0 Å². The van der Waals surface area contributed by atoms with E-state index in [9.17, 15) is 14.4 Å². The van der Waals surface area contributed by atoms with Gasteiger partial charge >= 0.3 is 0 Å². The van der Waals surface area contributed by atoms with Gasteiger partial charge in [-0.2, -0.15) is 0 Å². The van der Waals surface area contributed by atoms with Gasteiger partial charge in [0.05, 0.1) is 13.5 Å². The summed E-state index contributed by atoms with van der Waals surface area (Å²) >= 11 is 1.51. The van der Waals surface area contributed by atoms with Crippen LogP contribution in [-0.4, -0.2) is 30.9 Å². The quantitative estimate of drug-likeness (QED) is 0.392. The second kappa shape index (κ2) is 12.5. The van der Waals surface area contributed by atoms with E-state index in [1.807, 2.05) is 29.6 Å². The molecule has 0 radical (unpaired) electrons. The van der Waals surface area contributed by atoms with Crippen molar-refractivity contribution < 1.29 is 19.1 Å². The van der Waals surface area contributed by atoms with Gasteiger partial charge in [-0.15, -0.1) is 11.3 Å². The molecule has 194 valence electrons. The van der Waals surface area contributed by atoms with Gasteiger partial charge in [-0.05, 0) is 66.2 Å². The lowest BCUT2D eigenvalue weighted by molar-refractivity contribution is -0.127. The van der Waals surface area contributed by atoms with Crippen LogP contribution in [0.3, 0.4) is 0 Å². The van der Waals surface area contributed by atoms with Crippen molar-refractivity contribution in [2.45, 2.75) is 57.5 Å². The Kier molecular flexibility index (Phi) is 8.95. The maximum Gasteiger partial charge on any atom is 0.248 e. The highest BCUT2D eigenvalue weighted by molar-refractivity contribution is 7.10. The normalized spacial score (nSPS) is 14.4. The first-order valence-corrected chi connectivity index (χ1v) is 13.5. The van der Waals surface area contributed by atoms with Gasteiger partial charge in [0, 0.05) is 29.2 Å². The SMILES string of the molecule is COc1ccc([C@H](C(=O)NC2CCCCC2)N(C(=O)Cc2cccs2)c2ccc(NC(C)=O)cc2)cc1. The summed E-state index contributed by atoms with van der Waals surface area (Å²) in [6.07, 6.45) is 5.41. The van der Waals surface area contributed by atoms with Gasteiger partial charge in [0.1, 0.15) is 11.8 Å². The lowest BCUT2D eigenvalue weighted by Gasteiger charge is -2.33. The zero-order valence-corrected chi connectivity index (χ0v) is 22.1. The molecule has 1 aliphatic carbocycles. The van der Waals surface area contributed by atoms with E-state index in [0.29, 0.717) is 22.7 Å². The zero-order valence-electron chi connectivity index (χ0n) is 21.2. The third-order valence-corrected chi connectivity index (χ3v) is 7.41. The fraction of sp³-hybridized carbons (Fsp3) is 0.345. The van der Waals surface area contributed by atoms with E-state index in [-0.39, 0.29) is 30.2 Å². The highest BCUT2D eigenvalue weighted by Gasteiger charge is 2.34. The van der Waals surface area contributed by atoms with Crippen LogP contribution in [0.5, 0.6) is 5.75 Å². The van der Waals surface area contributed by atoms with Crippen LogP contribution in [0.15, 0.2) is 66.0 Å². The van der Waals surface area contributed by atoms with Gasteiger partial charge in [-0.25, -0.2) is 0 Å². The van der Waals surface area contributed by atoms with Crippen LogP contribution < -0.4 is 20.3 Å². The number of rotatable bonds is 9. The maximum atomic E-state index is 13.9. The van der Waals surface area contributed by atoms with E-state index < -0.39 is 6.04 Å². The fourth-order valence-corrected chi connectivity index (χ4v) is 5.42. The molecule has 1 saturated carbocycles. The van der Waals surface area contributed by atoms with Crippen molar-refractivity contribution in [1.82, 2.24) is 5.32 Å². The van der Waals surface area contributed by atoms with Crippen LogP contribution in [0.4, 0.5) is 11.4 Å². The molecule has 1 fully saturated rings. The number of hydrogen-bond donors (Lipinski definition) is 2. The molecule has 3 aromatic rings. The second-order valence-electron chi connectivity index (χ2n) is 9.27. The zero-order chi connectivity index (χ0) is 26.2. The van der Waals surface area contributed by atoms with Crippen molar-refractivity contribution in [1.29, 1.82) is 0 Å². The minimum absolute atomic E-state index is 0.0957. The van der Waals surface area contributed by atoms with E-state index in [1.165, 1.54) is 24.7 Å². The molecule has 1 aromatic heterocycles. The van der Waals surface area contributed by atoms with Gasteiger partial charge in [0.25, 0.3) is 0 Å². The van der Waals surface area contributed by atoms with Gasteiger partial charge in [-0.3, -0.25) is 19.3 Å². The van der Waals surface area contributed by atoms with E-state index in [1.54, 1.807) is 48.4 Å². The van der Waals surface area contributed by atoms with Gasteiger partial charge in [0.15, 0.2) is 0 Å². The van der Waals surface area contributed by atoms with E-state index in [2.05, 4.69) is 10.6 Å². The van der Waals surface area contributed by atoms with Crippen molar-refractivity contribution in [2.24, 2.45) is 0 Å². The van der Waals surface area contributed by atoms with Crippen molar-refractivity contribution in [3.05, 3.63) is 76.5 Å². The molecule has 1 heterocycles. The summed E-state index contributed by atoms with van der Waals surface area (Å²) in [7, 11) is 1.59. The number of carbonyl (C=O) groups is 3. The topological polar surface area (TPSA) is 87.7 Å². The van der Waals surface area contributed by atoms with Gasteiger partial charge < -0.3 is 15.4 Å². The summed E-state index contributed by atoms with van der Waals surface area (Å²) in [5.41, 5.74) is 1.89. The van der Waals surface area contributed by atoms with Gasteiger partial charge in [-0.1, -0.05) is 37.5 Å². The maximum absolute atomic E-state index is 13.9. The Balaban J connectivity index is 1.74. The molecule has 1 atom stereocenters. The van der Waals surface area contributed by atoms with Crippen LogP contribution in [0.1, 0.15) is 55.5 Å². The number of nitrogens with zero attached hydrogens (tertiary/aromatic N) is 1. The molecule has 1 aliphatic rings. The summed E-state index contributed by atoms with van der Waals surface area (Å²) in [5.74, 6) is 0.101. The summed E-state index contributed by atoms with van der Waals surface area (Å²) in [4.78, 5) is 41.8. The number of hydrogen-bond acceptors (Lipinski definition) is 5. The Morgan fingerprint density at radius 2 is 1.70 bits per heavy atom. The van der Waals surface area contributed by atoms with Crippen LogP contribution in [0.25, 0.3) is 0 Å². The van der Waals surface area contributed by atoms with Crippen LogP contribution >= 0.6 is 11.3 Å². The lowest BCUT2D eigenvalue weighted by Crippen LogP contribution is -2.47. The number of thiophene rings is 1. The molecule has 0 spiro atoms. The Morgan fingerprint density at radius 3 is 2.30 bits per heavy atom. The Morgan fingerprint density at radius 1 is 1.00 bits per heavy atom. The predicted molar refractivity (Wildman–Crippen MR) is 147 cm³/mol. The molecule has 37 heavy (non-hydrogen) atoms. The molecule has 3 amide bonds. The first-order valence-electron chi connectivity index (χ1n) is 12.6. The Labute approximate surface area is 221 Å². The molecule has 0 aliphatic heterocycles. The molecule has 2 N–H and O–H groups in total. The van der Waals surface area contributed by atoms with Crippen molar-refractivity contribution in [2.75, 3.05) is 17.3 Å². The average Bonchev–Trinajstić information content (AvgIpc) is 3.41. The lowest BCUT2D eigenvalue weighted by atomic mass is 9.94. The number of amides is 3. The summed E-state index contributed by atoms with van der Waals surface area (Å²) < 4.78 is 5.32. The first kappa shape index (κ1) is 26.4. The van der Waals surface area contributed by atoms with Crippen LogP contribution in [0.2, 0.25) is 0 Å². The van der Waals surface area contributed by atoms with Gasteiger partial charge in [0.2, 0.25) is 17.7 Å². The standard InChI is InChI=1S/C29H33N3O4S/c1-20(33)30-23-12-14-24(15-13-23)32(27(34)19-26-9-6-18-37-26)28(21-10-16-25(36-2)17-11-21)29(35)31-22-7-4-3-5-8-22/h6,9-18,22,28H,3-5,7-8,19H2,1-2H3,(H,30,33)(H,31,35)/t28-/m1/s1. The predicted octanol–water partition coefficient (Wildman–Crippen LogP) is 5.48. The monoisotopic (exact) mass is 519 g/mol. The molecule has 0 saturated heterocycles. The van der Waals surface area contributed by atoms with E-state index in [4.69, 9.17) is 4.74 Å². The van der Waals surface area contributed by atoms with Crippen LogP contribution in [-0.2, 0) is 20.8 Å². The third-order valence-electron chi connectivity index (χ3n) is 6.53. The minimum Gasteiger partial charge on any atom is -0.497 e. The smallest absolute Gasteiger partial charge is 0.248 e. The highest BCUT2D eigenvalue weighted by atomic mass is 32.1. The first-order chi connectivity index (χ1) is 17.9. The molecule has 0 unspecified atom stereocenters. The fourth-order valence-electron chi connectivity index (χ4n) is 4.72. The third kappa shape index (κ3) is 6.98. The van der Waals surface area contributed by atoms with Crippen molar-refractivity contribution >= 4 is 40.4 Å². The molecule has 4 rings (SSSR count).